The summed E-state index contributed by atoms with van der Waals surface area (Å²) in [6.45, 7) is 0.933. The van der Waals surface area contributed by atoms with Crippen LogP contribution in [0.2, 0.25) is 5.02 Å². The molecule has 2 N–H and O–H groups in total. The van der Waals surface area contributed by atoms with E-state index in [1.54, 1.807) is 48.2 Å². The van der Waals surface area contributed by atoms with Crippen LogP contribution >= 0.6 is 39.3 Å². The van der Waals surface area contributed by atoms with Crippen LogP contribution in [0.4, 0.5) is 5.69 Å². The van der Waals surface area contributed by atoms with Crippen molar-refractivity contribution < 1.29 is 19.1 Å². The van der Waals surface area contributed by atoms with Gasteiger partial charge in [-0.1, -0.05) is 23.7 Å². The number of thioether (sulfide) groups is 1. The number of fused-ring (bicyclic) bond motifs is 1. The zero-order chi connectivity index (χ0) is 20.8. The molecule has 0 radical (unpaired) electrons. The first kappa shape index (κ1) is 21.8. The molecule has 0 aromatic heterocycles. The van der Waals surface area contributed by atoms with Crippen LogP contribution in [0, 0.1) is 0 Å². The van der Waals surface area contributed by atoms with E-state index in [-0.39, 0.29) is 5.91 Å². The van der Waals surface area contributed by atoms with Gasteiger partial charge in [-0.25, -0.2) is 0 Å². The highest BCUT2D eigenvalue weighted by Gasteiger charge is 2.24. The minimum Gasteiger partial charge on any atom is -0.486 e. The van der Waals surface area contributed by atoms with E-state index in [2.05, 4.69) is 26.6 Å². The average Bonchev–Trinajstić information content (AvgIpc) is 2.71. The minimum absolute atomic E-state index is 0.322. The van der Waals surface area contributed by atoms with Crippen molar-refractivity contribution in [2.24, 2.45) is 0 Å². The summed E-state index contributed by atoms with van der Waals surface area (Å²) in [6, 6.07) is 9.48. The van der Waals surface area contributed by atoms with Crippen molar-refractivity contribution in [1.82, 2.24) is 5.32 Å². The Kier molecular flexibility index (Phi) is 7.69. The number of nitrogens with one attached hydrogen (secondary N) is 2. The number of hydrogen-bond donors (Lipinski definition) is 2. The van der Waals surface area contributed by atoms with Gasteiger partial charge in [0, 0.05) is 16.6 Å². The highest BCUT2D eigenvalue weighted by molar-refractivity contribution is 9.10. The molecule has 0 spiro atoms. The Balaban J connectivity index is 1.75. The molecule has 0 fully saturated rings. The predicted molar refractivity (Wildman–Crippen MR) is 119 cm³/mol. The van der Waals surface area contributed by atoms with E-state index in [1.165, 1.54) is 0 Å². The molecule has 1 aliphatic rings. The Morgan fingerprint density at radius 2 is 1.90 bits per heavy atom. The van der Waals surface area contributed by atoms with Gasteiger partial charge in [-0.3, -0.25) is 9.59 Å². The maximum absolute atomic E-state index is 12.9. The van der Waals surface area contributed by atoms with Gasteiger partial charge in [0.1, 0.15) is 19.3 Å². The lowest BCUT2D eigenvalue weighted by atomic mass is 10.1. The summed E-state index contributed by atoms with van der Waals surface area (Å²) in [5, 5.41) is 5.99. The Morgan fingerprint density at radius 1 is 1.21 bits per heavy atom. The van der Waals surface area contributed by atoms with E-state index in [0.29, 0.717) is 57.6 Å². The summed E-state index contributed by atoms with van der Waals surface area (Å²) in [4.78, 5) is 25.6. The number of carbonyl (C=O) groups is 2. The number of hydrogen-bond acceptors (Lipinski definition) is 5. The van der Waals surface area contributed by atoms with Crippen molar-refractivity contribution in [2.75, 3.05) is 30.5 Å². The lowest BCUT2D eigenvalue weighted by molar-refractivity contribution is -0.118. The molecule has 2 aromatic rings. The number of anilines is 1. The topological polar surface area (TPSA) is 76.7 Å². The van der Waals surface area contributed by atoms with Crippen molar-refractivity contribution in [3.63, 3.8) is 0 Å². The van der Waals surface area contributed by atoms with Gasteiger partial charge in [0.05, 0.1) is 16.3 Å². The van der Waals surface area contributed by atoms with Gasteiger partial charge in [0.15, 0.2) is 11.5 Å². The number of halogens is 2. The molecule has 0 saturated heterocycles. The number of benzene rings is 2. The molecular formula is C20H20BrClN2O4S. The van der Waals surface area contributed by atoms with Crippen LogP contribution in [0.25, 0.3) is 0 Å². The molecule has 0 aliphatic carbocycles. The number of amides is 2. The summed E-state index contributed by atoms with van der Waals surface area (Å²) >= 11 is 11.1. The molecule has 1 atom stereocenters. The summed E-state index contributed by atoms with van der Waals surface area (Å²) in [6.07, 6.45) is 2.42. The van der Waals surface area contributed by atoms with Crippen LogP contribution in [-0.2, 0) is 4.79 Å². The molecule has 9 heteroatoms. The molecule has 2 amide bonds. The first-order valence-electron chi connectivity index (χ1n) is 8.94. The largest absolute Gasteiger partial charge is 0.486 e. The Morgan fingerprint density at radius 3 is 2.59 bits per heavy atom. The fourth-order valence-electron chi connectivity index (χ4n) is 2.77. The maximum atomic E-state index is 12.9. The molecule has 6 nitrogen and oxygen atoms in total. The molecular weight excluding hydrogens is 480 g/mol. The van der Waals surface area contributed by atoms with Crippen LogP contribution in [0.15, 0.2) is 40.9 Å². The highest BCUT2D eigenvalue weighted by Crippen LogP contribution is 2.38. The summed E-state index contributed by atoms with van der Waals surface area (Å²) in [5.74, 6) is 1.18. The Labute approximate surface area is 186 Å². The van der Waals surface area contributed by atoms with Crippen LogP contribution in [0.3, 0.4) is 0 Å². The highest BCUT2D eigenvalue weighted by atomic mass is 79.9. The van der Waals surface area contributed by atoms with E-state index >= 15 is 0 Å². The third kappa shape index (κ3) is 5.58. The van der Waals surface area contributed by atoms with Gasteiger partial charge in [-0.05, 0) is 46.5 Å². The van der Waals surface area contributed by atoms with Crippen molar-refractivity contribution in [3.05, 3.63) is 51.5 Å². The van der Waals surface area contributed by atoms with Crippen molar-refractivity contribution in [3.8, 4) is 11.5 Å². The van der Waals surface area contributed by atoms with Crippen molar-refractivity contribution >= 4 is 56.8 Å². The van der Waals surface area contributed by atoms with Gasteiger partial charge < -0.3 is 20.1 Å². The van der Waals surface area contributed by atoms with Gasteiger partial charge >= 0.3 is 0 Å². The normalized spacial score (nSPS) is 13.5. The third-order valence-corrected chi connectivity index (χ3v) is 5.87. The lowest BCUT2D eigenvalue weighted by Gasteiger charge is -2.22. The standard InChI is InChI=1S/C20H20BrClN2O4S/c1-29-9-6-15(23-19(25)12-4-2-3-5-14(12)22)20(26)24-16-11-18-17(10-13(16)21)27-7-8-28-18/h2-5,10-11,15H,6-9H2,1H3,(H,23,25)(H,24,26). The zero-order valence-corrected chi connectivity index (χ0v) is 18.8. The molecule has 1 heterocycles. The smallest absolute Gasteiger partial charge is 0.253 e. The lowest BCUT2D eigenvalue weighted by Crippen LogP contribution is -2.44. The molecule has 3 rings (SSSR count). The second-order valence-electron chi connectivity index (χ2n) is 6.25. The zero-order valence-electron chi connectivity index (χ0n) is 15.7. The van der Waals surface area contributed by atoms with E-state index < -0.39 is 11.9 Å². The van der Waals surface area contributed by atoms with Gasteiger partial charge in [-0.2, -0.15) is 11.8 Å². The van der Waals surface area contributed by atoms with E-state index in [1.807, 2.05) is 6.26 Å². The summed E-state index contributed by atoms with van der Waals surface area (Å²) < 4.78 is 11.8. The monoisotopic (exact) mass is 498 g/mol. The molecule has 1 aliphatic heterocycles. The molecule has 2 aromatic carbocycles. The minimum atomic E-state index is -0.716. The van der Waals surface area contributed by atoms with E-state index in [4.69, 9.17) is 21.1 Å². The van der Waals surface area contributed by atoms with Gasteiger partial charge in [0.25, 0.3) is 5.91 Å². The maximum Gasteiger partial charge on any atom is 0.253 e. The number of ether oxygens (including phenoxy) is 2. The third-order valence-electron chi connectivity index (χ3n) is 4.24. The Hall–Kier alpha value is -1.90. The Bertz CT molecular complexity index is 912. The van der Waals surface area contributed by atoms with Gasteiger partial charge in [0.2, 0.25) is 5.91 Å². The SMILES string of the molecule is CSCCC(NC(=O)c1ccccc1Cl)C(=O)Nc1cc2c(cc1Br)OCCO2. The van der Waals surface area contributed by atoms with Crippen molar-refractivity contribution in [1.29, 1.82) is 0 Å². The molecule has 0 saturated carbocycles. The van der Waals surface area contributed by atoms with E-state index in [0.717, 1.165) is 0 Å². The first-order valence-corrected chi connectivity index (χ1v) is 11.5. The van der Waals surface area contributed by atoms with Crippen LogP contribution in [0.1, 0.15) is 16.8 Å². The second-order valence-corrected chi connectivity index (χ2v) is 8.50. The quantitative estimate of drug-likeness (QED) is 0.592. The first-order chi connectivity index (χ1) is 14.0. The average molecular weight is 500 g/mol. The number of rotatable bonds is 7. The fraction of sp³-hybridized carbons (Fsp3) is 0.300. The molecule has 154 valence electrons. The molecule has 29 heavy (non-hydrogen) atoms. The second kappa shape index (κ2) is 10.2. The number of carbonyl (C=O) groups excluding carboxylic acids is 2. The predicted octanol–water partition coefficient (Wildman–Crippen LogP) is 4.36. The van der Waals surface area contributed by atoms with E-state index in [9.17, 15) is 9.59 Å². The fourth-order valence-corrected chi connectivity index (χ4v) is 3.88. The molecule has 0 bridgehead atoms. The van der Waals surface area contributed by atoms with Crippen LogP contribution < -0.4 is 20.1 Å². The van der Waals surface area contributed by atoms with Gasteiger partial charge in [-0.15, -0.1) is 0 Å². The van der Waals surface area contributed by atoms with Crippen LogP contribution in [0.5, 0.6) is 11.5 Å². The van der Waals surface area contributed by atoms with Crippen LogP contribution in [-0.4, -0.2) is 43.1 Å². The molecule has 1 unspecified atom stereocenters. The summed E-state index contributed by atoms with van der Waals surface area (Å²) in [5.41, 5.74) is 0.872. The van der Waals surface area contributed by atoms with Crippen molar-refractivity contribution in [2.45, 2.75) is 12.5 Å². The summed E-state index contributed by atoms with van der Waals surface area (Å²) in [7, 11) is 0.